The molecule has 17 heavy (non-hydrogen) atoms. The zero-order valence-electron chi connectivity index (χ0n) is 11.4. The highest BCUT2D eigenvalue weighted by Crippen LogP contribution is 2.25. The predicted molar refractivity (Wildman–Crippen MR) is 75.0 cm³/mol. The molecule has 1 unspecified atom stereocenters. The van der Waals surface area contributed by atoms with Gasteiger partial charge in [-0.1, -0.05) is 6.42 Å². The van der Waals surface area contributed by atoms with Gasteiger partial charge in [0.1, 0.15) is 0 Å². The van der Waals surface area contributed by atoms with E-state index in [0.717, 1.165) is 13.1 Å². The van der Waals surface area contributed by atoms with Gasteiger partial charge >= 0.3 is 0 Å². The second-order valence-electron chi connectivity index (χ2n) is 5.48. The monoisotopic (exact) mass is 254 g/mol. The molecule has 1 aliphatic heterocycles. The van der Waals surface area contributed by atoms with Gasteiger partial charge in [0.2, 0.25) is 0 Å². The molecule has 3 nitrogen and oxygen atoms in total. The third-order valence-corrected chi connectivity index (χ3v) is 8.26. The summed E-state index contributed by atoms with van der Waals surface area (Å²) >= 11 is 0. The van der Waals surface area contributed by atoms with Gasteiger partial charge < -0.3 is 8.99 Å². The molecule has 2 aliphatic rings. The van der Waals surface area contributed by atoms with E-state index in [1.54, 1.807) is 0 Å². The maximum Gasteiger partial charge on any atom is 0.267 e. The summed E-state index contributed by atoms with van der Waals surface area (Å²) in [4.78, 5) is 4.79. The van der Waals surface area contributed by atoms with Crippen molar-refractivity contribution in [3.05, 3.63) is 0 Å². The average Bonchev–Trinajstić information content (AvgIpc) is 2.73. The Bertz CT molecular complexity index is 275. The second kappa shape index (κ2) is 6.11. The molecule has 1 heterocycles. The van der Waals surface area contributed by atoms with Crippen molar-refractivity contribution >= 4 is 14.2 Å². The van der Waals surface area contributed by atoms with Crippen molar-refractivity contribution in [2.24, 2.45) is 4.99 Å². The first-order valence-electron chi connectivity index (χ1n) is 7.07. The maximum atomic E-state index is 5.77. The van der Waals surface area contributed by atoms with Crippen LogP contribution >= 0.6 is 0 Å². The molecule has 1 saturated heterocycles. The third kappa shape index (κ3) is 3.39. The van der Waals surface area contributed by atoms with E-state index in [1.165, 1.54) is 56.8 Å². The molecule has 1 aliphatic carbocycles. The van der Waals surface area contributed by atoms with Crippen molar-refractivity contribution in [1.29, 1.82) is 0 Å². The third-order valence-electron chi connectivity index (χ3n) is 4.31. The smallest absolute Gasteiger partial charge is 0.267 e. The first-order valence-corrected chi connectivity index (χ1v) is 9.63. The van der Waals surface area contributed by atoms with Crippen molar-refractivity contribution in [3.8, 4) is 0 Å². The van der Waals surface area contributed by atoms with Gasteiger partial charge in [-0.05, 0) is 51.2 Å². The number of nitrogens with zero attached hydrogens (tertiary/aromatic N) is 2. The van der Waals surface area contributed by atoms with Crippen LogP contribution in [0.25, 0.3) is 0 Å². The highest BCUT2D eigenvalue weighted by Gasteiger charge is 2.39. The number of rotatable bonds is 4. The number of hydrogen-bond acceptors (Lipinski definition) is 3. The second-order valence-corrected chi connectivity index (χ2v) is 9.37. The normalized spacial score (nSPS) is 30.8. The molecule has 0 amide bonds. The highest BCUT2D eigenvalue weighted by atomic mass is 28.4. The lowest BCUT2D eigenvalue weighted by molar-refractivity contribution is 0.320. The Labute approximate surface area is 106 Å². The van der Waals surface area contributed by atoms with Gasteiger partial charge in [-0.2, -0.15) is 0 Å². The number of hydrogen-bond donors (Lipinski definition) is 0. The van der Waals surface area contributed by atoms with Gasteiger partial charge in [0, 0.05) is 19.4 Å². The molecular formula is C13H26N2OSi. The molecular weight excluding hydrogens is 228 g/mol. The molecule has 0 aromatic carbocycles. The Morgan fingerprint density at radius 2 is 2.00 bits per heavy atom. The summed E-state index contributed by atoms with van der Waals surface area (Å²) < 4.78 is 8.35. The summed E-state index contributed by atoms with van der Waals surface area (Å²) in [5, 5.41) is 0. The lowest BCUT2D eigenvalue weighted by Gasteiger charge is -2.30. The largest absolute Gasteiger partial charge is 0.406 e. The summed E-state index contributed by atoms with van der Waals surface area (Å²) in [6.07, 6.45) is 7.92. The molecule has 1 atom stereocenters. The van der Waals surface area contributed by atoms with Gasteiger partial charge in [-0.15, -0.1) is 0 Å². The standard InChI is InChI=1S/C13H26N2OSi/c1-16-17(2)12-6-10-15(17)11-9-14-13-7-4-3-5-8-13/h3-12H2,1-2H3. The van der Waals surface area contributed by atoms with Crippen LogP contribution in [0, 0.1) is 0 Å². The molecule has 0 aromatic rings. The lowest BCUT2D eigenvalue weighted by Crippen LogP contribution is -2.49. The van der Waals surface area contributed by atoms with Crippen LogP contribution in [-0.2, 0) is 4.43 Å². The summed E-state index contributed by atoms with van der Waals surface area (Å²) in [6, 6.07) is 1.29. The van der Waals surface area contributed by atoms with Crippen LogP contribution in [-0.4, -0.2) is 45.5 Å². The van der Waals surface area contributed by atoms with Crippen LogP contribution < -0.4 is 0 Å². The summed E-state index contributed by atoms with van der Waals surface area (Å²) in [5.41, 5.74) is 1.47. The Balaban J connectivity index is 1.77. The Morgan fingerprint density at radius 1 is 1.24 bits per heavy atom. The minimum absolute atomic E-state index is 0.987. The quantitative estimate of drug-likeness (QED) is 0.721. The van der Waals surface area contributed by atoms with Crippen LogP contribution in [0.3, 0.4) is 0 Å². The van der Waals surface area contributed by atoms with E-state index in [0.29, 0.717) is 0 Å². The Kier molecular flexibility index (Phi) is 4.76. The molecule has 4 heteroatoms. The van der Waals surface area contributed by atoms with Crippen molar-refractivity contribution < 1.29 is 4.43 Å². The summed E-state index contributed by atoms with van der Waals surface area (Å²) in [6.45, 7) is 5.66. The fourth-order valence-electron chi connectivity index (χ4n) is 3.02. The van der Waals surface area contributed by atoms with Gasteiger partial charge in [-0.25, -0.2) is 0 Å². The van der Waals surface area contributed by atoms with Gasteiger partial charge in [0.25, 0.3) is 8.48 Å². The van der Waals surface area contributed by atoms with Crippen LogP contribution in [0.1, 0.15) is 38.5 Å². The van der Waals surface area contributed by atoms with Crippen LogP contribution in [0.4, 0.5) is 0 Å². The first kappa shape index (κ1) is 13.2. The molecule has 0 radical (unpaired) electrons. The zero-order valence-corrected chi connectivity index (χ0v) is 12.4. The summed E-state index contributed by atoms with van der Waals surface area (Å²) in [7, 11) is 0.374. The predicted octanol–water partition coefficient (Wildman–Crippen LogP) is 2.82. The van der Waals surface area contributed by atoms with Gasteiger partial charge in [0.15, 0.2) is 0 Å². The Hall–Kier alpha value is -0.193. The highest BCUT2D eigenvalue weighted by molar-refractivity contribution is 6.70. The van der Waals surface area contributed by atoms with E-state index < -0.39 is 8.48 Å². The van der Waals surface area contributed by atoms with Crippen molar-refractivity contribution in [2.45, 2.75) is 51.1 Å². The van der Waals surface area contributed by atoms with E-state index in [9.17, 15) is 0 Å². The molecule has 0 spiro atoms. The number of aliphatic imine (C=N–C) groups is 1. The zero-order chi connectivity index (χ0) is 12.1. The SMILES string of the molecule is CO[Si]1(C)CCCN1CCN=C1CCCCC1. The van der Waals surface area contributed by atoms with Crippen LogP contribution in [0.5, 0.6) is 0 Å². The van der Waals surface area contributed by atoms with E-state index in [-0.39, 0.29) is 0 Å². The van der Waals surface area contributed by atoms with E-state index >= 15 is 0 Å². The lowest BCUT2D eigenvalue weighted by atomic mass is 9.99. The van der Waals surface area contributed by atoms with Crippen molar-refractivity contribution in [1.82, 2.24) is 4.57 Å². The molecule has 2 rings (SSSR count). The summed E-state index contributed by atoms with van der Waals surface area (Å²) in [5.74, 6) is 0. The first-order chi connectivity index (χ1) is 8.24. The fraction of sp³-hybridized carbons (Fsp3) is 0.923. The Morgan fingerprint density at radius 3 is 2.71 bits per heavy atom. The minimum atomic E-state index is -1.51. The topological polar surface area (TPSA) is 24.8 Å². The van der Waals surface area contributed by atoms with E-state index in [2.05, 4.69) is 11.1 Å². The average molecular weight is 254 g/mol. The van der Waals surface area contributed by atoms with E-state index in [1.807, 2.05) is 7.11 Å². The molecule has 0 aromatic heterocycles. The van der Waals surface area contributed by atoms with Gasteiger partial charge in [0.05, 0.1) is 6.54 Å². The van der Waals surface area contributed by atoms with Crippen LogP contribution in [0.15, 0.2) is 4.99 Å². The molecule has 98 valence electrons. The molecule has 0 bridgehead atoms. The maximum absolute atomic E-state index is 5.77. The molecule has 1 saturated carbocycles. The van der Waals surface area contributed by atoms with Crippen molar-refractivity contribution in [2.75, 3.05) is 26.7 Å². The minimum Gasteiger partial charge on any atom is -0.406 e. The van der Waals surface area contributed by atoms with Crippen LogP contribution in [0.2, 0.25) is 12.6 Å². The fourth-order valence-corrected chi connectivity index (χ4v) is 5.82. The van der Waals surface area contributed by atoms with E-state index in [4.69, 9.17) is 9.42 Å². The molecule has 0 N–H and O–H groups in total. The van der Waals surface area contributed by atoms with Crippen molar-refractivity contribution in [3.63, 3.8) is 0 Å². The van der Waals surface area contributed by atoms with Gasteiger partial charge in [-0.3, -0.25) is 4.99 Å². The molecule has 2 fully saturated rings.